The minimum absolute atomic E-state index is 0.0206. The van der Waals surface area contributed by atoms with Gasteiger partial charge in [0.15, 0.2) is 0 Å². The molecule has 1 aliphatic rings. The summed E-state index contributed by atoms with van der Waals surface area (Å²) in [6, 6.07) is 19.2. The highest BCUT2D eigenvalue weighted by Gasteiger charge is 2.27. The monoisotopic (exact) mass is 308 g/mol. The van der Waals surface area contributed by atoms with Crippen LogP contribution in [0.25, 0.3) is 0 Å². The fourth-order valence-corrected chi connectivity index (χ4v) is 2.94. The summed E-state index contributed by atoms with van der Waals surface area (Å²) in [5.41, 5.74) is 1.85. The van der Waals surface area contributed by atoms with E-state index in [1.807, 2.05) is 41.3 Å². The number of benzene rings is 2. The van der Waals surface area contributed by atoms with Crippen LogP contribution in [0.15, 0.2) is 60.7 Å². The molecule has 1 atom stereocenters. The van der Waals surface area contributed by atoms with Crippen LogP contribution in [0, 0.1) is 0 Å². The molecule has 0 radical (unpaired) electrons. The molecule has 0 bridgehead atoms. The van der Waals surface area contributed by atoms with Crippen molar-refractivity contribution in [2.45, 2.75) is 12.3 Å². The van der Waals surface area contributed by atoms with Gasteiger partial charge < -0.3 is 10.2 Å². The molecular formula is C19H20N2O2. The van der Waals surface area contributed by atoms with Gasteiger partial charge in [-0.1, -0.05) is 48.5 Å². The third-order valence-corrected chi connectivity index (χ3v) is 4.25. The Morgan fingerprint density at radius 3 is 2.35 bits per heavy atom. The normalized spacial score (nSPS) is 17.0. The van der Waals surface area contributed by atoms with E-state index >= 15 is 0 Å². The van der Waals surface area contributed by atoms with E-state index < -0.39 is 0 Å². The maximum absolute atomic E-state index is 12.3. The number of carbonyl (C=O) groups is 2. The smallest absolute Gasteiger partial charge is 0.251 e. The molecule has 0 saturated carbocycles. The van der Waals surface area contributed by atoms with Gasteiger partial charge in [0.1, 0.15) is 0 Å². The fraction of sp³-hybridized carbons (Fsp3) is 0.263. The molecule has 2 amide bonds. The van der Waals surface area contributed by atoms with Crippen molar-refractivity contribution in [1.29, 1.82) is 0 Å². The maximum Gasteiger partial charge on any atom is 0.251 e. The second-order valence-electron chi connectivity index (χ2n) is 5.78. The van der Waals surface area contributed by atoms with E-state index in [4.69, 9.17) is 0 Å². The number of hydrogen-bond acceptors (Lipinski definition) is 2. The lowest BCUT2D eigenvalue weighted by Gasteiger charge is -2.17. The third kappa shape index (κ3) is 3.77. The largest absolute Gasteiger partial charge is 0.343 e. The Morgan fingerprint density at radius 2 is 1.65 bits per heavy atom. The van der Waals surface area contributed by atoms with Gasteiger partial charge in [0.2, 0.25) is 5.91 Å². The predicted molar refractivity (Wildman–Crippen MR) is 89.2 cm³/mol. The molecule has 23 heavy (non-hydrogen) atoms. The molecule has 3 rings (SSSR count). The van der Waals surface area contributed by atoms with E-state index in [-0.39, 0.29) is 18.4 Å². The summed E-state index contributed by atoms with van der Waals surface area (Å²) in [6.45, 7) is 1.53. The van der Waals surface area contributed by atoms with Crippen LogP contribution in [0.2, 0.25) is 0 Å². The zero-order chi connectivity index (χ0) is 16.1. The lowest BCUT2D eigenvalue weighted by atomic mass is 9.99. The van der Waals surface area contributed by atoms with Crippen molar-refractivity contribution in [3.63, 3.8) is 0 Å². The molecule has 118 valence electrons. The molecule has 4 heteroatoms. The highest BCUT2D eigenvalue weighted by Crippen LogP contribution is 2.26. The minimum Gasteiger partial charge on any atom is -0.343 e. The van der Waals surface area contributed by atoms with Crippen LogP contribution < -0.4 is 5.32 Å². The summed E-state index contributed by atoms with van der Waals surface area (Å²) < 4.78 is 0. The third-order valence-electron chi connectivity index (χ3n) is 4.25. The summed E-state index contributed by atoms with van der Waals surface area (Å²) in [5.74, 6) is 0.162. The van der Waals surface area contributed by atoms with Crippen molar-refractivity contribution < 1.29 is 9.59 Å². The Balaban J connectivity index is 1.51. The molecule has 1 fully saturated rings. The molecule has 0 aromatic heterocycles. The van der Waals surface area contributed by atoms with Gasteiger partial charge in [-0.15, -0.1) is 0 Å². The summed E-state index contributed by atoms with van der Waals surface area (Å²) >= 11 is 0. The number of nitrogens with one attached hydrogen (secondary N) is 1. The highest BCUT2D eigenvalue weighted by atomic mass is 16.2. The van der Waals surface area contributed by atoms with Crippen LogP contribution in [0.1, 0.15) is 28.3 Å². The Bertz CT molecular complexity index is 670. The molecule has 0 spiro atoms. The van der Waals surface area contributed by atoms with E-state index in [1.165, 1.54) is 5.56 Å². The Labute approximate surface area is 136 Å². The first kappa shape index (κ1) is 15.3. The number of nitrogens with zero attached hydrogens (tertiary/aromatic N) is 1. The van der Waals surface area contributed by atoms with Crippen molar-refractivity contribution in [2.24, 2.45) is 0 Å². The first-order chi connectivity index (χ1) is 11.2. The molecule has 1 N–H and O–H groups in total. The fourth-order valence-electron chi connectivity index (χ4n) is 2.94. The van der Waals surface area contributed by atoms with Crippen molar-refractivity contribution >= 4 is 11.8 Å². The molecule has 0 aliphatic carbocycles. The van der Waals surface area contributed by atoms with Gasteiger partial charge in [-0.25, -0.2) is 0 Å². The van der Waals surface area contributed by atoms with Crippen molar-refractivity contribution in [1.82, 2.24) is 10.2 Å². The number of likely N-dealkylation sites (tertiary alicyclic amines) is 1. The van der Waals surface area contributed by atoms with E-state index in [0.717, 1.165) is 19.5 Å². The maximum atomic E-state index is 12.3. The zero-order valence-electron chi connectivity index (χ0n) is 12.9. The average Bonchev–Trinajstić information content (AvgIpc) is 3.11. The van der Waals surface area contributed by atoms with Crippen LogP contribution >= 0.6 is 0 Å². The molecule has 2 aromatic carbocycles. The first-order valence-electron chi connectivity index (χ1n) is 7.90. The van der Waals surface area contributed by atoms with Crippen LogP contribution in [-0.4, -0.2) is 36.3 Å². The van der Waals surface area contributed by atoms with Crippen LogP contribution in [-0.2, 0) is 4.79 Å². The summed E-state index contributed by atoms with van der Waals surface area (Å²) in [6.07, 6.45) is 0.975. The summed E-state index contributed by atoms with van der Waals surface area (Å²) in [4.78, 5) is 26.1. The van der Waals surface area contributed by atoms with Crippen LogP contribution in [0.4, 0.5) is 0 Å². The van der Waals surface area contributed by atoms with Gasteiger partial charge in [0, 0.05) is 24.6 Å². The standard InChI is InChI=1S/C19H20N2O2/c22-18(13-20-19(23)16-9-5-2-6-10-16)21-12-11-17(14-21)15-7-3-1-4-8-15/h1-10,17H,11-14H2,(H,20,23). The van der Waals surface area contributed by atoms with Gasteiger partial charge in [-0.05, 0) is 24.1 Å². The molecule has 1 aliphatic heterocycles. The lowest BCUT2D eigenvalue weighted by molar-refractivity contribution is -0.129. The quantitative estimate of drug-likeness (QED) is 0.943. The van der Waals surface area contributed by atoms with E-state index in [9.17, 15) is 9.59 Å². The number of rotatable bonds is 4. The molecule has 1 unspecified atom stereocenters. The number of amides is 2. The van der Waals surface area contributed by atoms with Gasteiger partial charge >= 0.3 is 0 Å². The summed E-state index contributed by atoms with van der Waals surface area (Å²) in [5, 5.41) is 2.70. The molecule has 4 nitrogen and oxygen atoms in total. The second-order valence-corrected chi connectivity index (χ2v) is 5.78. The van der Waals surface area contributed by atoms with Crippen LogP contribution in [0.3, 0.4) is 0 Å². The molecule has 1 saturated heterocycles. The summed E-state index contributed by atoms with van der Waals surface area (Å²) in [7, 11) is 0. The molecule has 2 aromatic rings. The molecule has 1 heterocycles. The van der Waals surface area contributed by atoms with E-state index in [2.05, 4.69) is 17.4 Å². The number of carbonyl (C=O) groups excluding carboxylic acids is 2. The number of hydrogen-bond donors (Lipinski definition) is 1. The topological polar surface area (TPSA) is 49.4 Å². The minimum atomic E-state index is -0.210. The average molecular weight is 308 g/mol. The highest BCUT2D eigenvalue weighted by molar-refractivity contribution is 5.96. The van der Waals surface area contributed by atoms with Gasteiger partial charge in [0.05, 0.1) is 6.54 Å². The van der Waals surface area contributed by atoms with Crippen molar-refractivity contribution in [3.05, 3.63) is 71.8 Å². The van der Waals surface area contributed by atoms with E-state index in [0.29, 0.717) is 11.5 Å². The van der Waals surface area contributed by atoms with Gasteiger partial charge in [-0.3, -0.25) is 9.59 Å². The zero-order valence-corrected chi connectivity index (χ0v) is 12.9. The van der Waals surface area contributed by atoms with Crippen molar-refractivity contribution in [3.8, 4) is 0 Å². The van der Waals surface area contributed by atoms with Gasteiger partial charge in [-0.2, -0.15) is 0 Å². The van der Waals surface area contributed by atoms with Gasteiger partial charge in [0.25, 0.3) is 5.91 Å². The second kappa shape index (κ2) is 7.09. The van der Waals surface area contributed by atoms with Crippen molar-refractivity contribution in [2.75, 3.05) is 19.6 Å². The Kier molecular flexibility index (Phi) is 4.71. The lowest BCUT2D eigenvalue weighted by Crippen LogP contribution is -2.39. The van der Waals surface area contributed by atoms with Crippen LogP contribution in [0.5, 0.6) is 0 Å². The SMILES string of the molecule is O=C(NCC(=O)N1CCC(c2ccccc2)C1)c1ccccc1. The molecular weight excluding hydrogens is 288 g/mol. The van der Waals surface area contributed by atoms with E-state index in [1.54, 1.807) is 12.1 Å². The first-order valence-corrected chi connectivity index (χ1v) is 7.90. The Hall–Kier alpha value is -2.62. The Morgan fingerprint density at radius 1 is 1.00 bits per heavy atom. The predicted octanol–water partition coefficient (Wildman–Crippen LogP) is 2.43.